The Hall–Kier alpha value is 0.170. The zero-order valence-electron chi connectivity index (χ0n) is 9.21. The van der Waals surface area contributed by atoms with Crippen molar-refractivity contribution in [1.82, 2.24) is 0 Å². The minimum Gasteiger partial charge on any atom is -0.398 e. The molecule has 0 spiro atoms. The van der Waals surface area contributed by atoms with Gasteiger partial charge in [-0.1, -0.05) is 47.8 Å². The largest absolute Gasteiger partial charge is 0.398 e. The van der Waals surface area contributed by atoms with Gasteiger partial charge in [-0.05, 0) is 0 Å². The number of hydrogen-bond donors (Lipinski definition) is 3. The van der Waals surface area contributed by atoms with Gasteiger partial charge in [-0.15, -0.1) is 0 Å². The van der Waals surface area contributed by atoms with Gasteiger partial charge in [0, 0.05) is 44.1 Å². The summed E-state index contributed by atoms with van der Waals surface area (Å²) in [6, 6.07) is 0. The molecule has 0 aromatic heterocycles. The Balaban J connectivity index is 3.91. The van der Waals surface area contributed by atoms with Crippen LogP contribution in [0.25, 0.3) is 0 Å². The van der Waals surface area contributed by atoms with E-state index in [0.717, 1.165) is 0 Å². The van der Waals surface area contributed by atoms with Gasteiger partial charge in [-0.3, -0.25) is 0 Å². The second-order valence-electron chi connectivity index (χ2n) is 3.54. The van der Waals surface area contributed by atoms with Crippen LogP contribution >= 0.6 is 47.8 Å². The number of anilines is 2. The number of primary sulfonamides is 1. The average molecular weight is 466 g/mol. The average Bonchev–Trinajstić information content (AvgIpc) is 2.27. The maximum Gasteiger partial charge on any atom is 0.238 e. The highest BCUT2D eigenvalue weighted by Gasteiger charge is 2.25. The SMILES string of the molecule is Nc1c(CBr)c(N)c(CBr)c(S(N)(=O)=O)c1CBr. The molecule has 5 nitrogen and oxygen atoms in total. The molecule has 0 heterocycles. The molecule has 0 amide bonds. The summed E-state index contributed by atoms with van der Waals surface area (Å²) < 4.78 is 23.4. The van der Waals surface area contributed by atoms with Crippen LogP contribution in [0.1, 0.15) is 16.7 Å². The van der Waals surface area contributed by atoms with Crippen LogP contribution in [0.15, 0.2) is 4.90 Å². The number of benzene rings is 1. The molecular weight excluding hydrogens is 454 g/mol. The molecule has 1 aromatic carbocycles. The first-order valence-electron chi connectivity index (χ1n) is 4.71. The fraction of sp³-hybridized carbons (Fsp3) is 0.333. The van der Waals surface area contributed by atoms with Crippen molar-refractivity contribution in [3.8, 4) is 0 Å². The summed E-state index contributed by atoms with van der Waals surface area (Å²) in [5, 5.41) is 6.25. The van der Waals surface area contributed by atoms with E-state index in [9.17, 15) is 8.42 Å². The van der Waals surface area contributed by atoms with Crippen LogP contribution in [0, 0.1) is 0 Å². The predicted molar refractivity (Wildman–Crippen MR) is 84.5 cm³/mol. The second-order valence-corrected chi connectivity index (χ2v) is 6.72. The lowest BCUT2D eigenvalue weighted by atomic mass is 10.0. The van der Waals surface area contributed by atoms with E-state index in [1.807, 2.05) is 0 Å². The first kappa shape index (κ1) is 16.2. The fourth-order valence-electron chi connectivity index (χ4n) is 1.69. The van der Waals surface area contributed by atoms with Crippen LogP contribution in [0.2, 0.25) is 0 Å². The van der Waals surface area contributed by atoms with Crippen LogP contribution in [0.4, 0.5) is 11.4 Å². The van der Waals surface area contributed by atoms with E-state index in [-0.39, 0.29) is 15.6 Å². The van der Waals surface area contributed by atoms with Gasteiger partial charge in [0.15, 0.2) is 0 Å². The molecule has 0 atom stereocenters. The first-order valence-corrected chi connectivity index (χ1v) is 9.62. The summed E-state index contributed by atoms with van der Waals surface area (Å²) in [4.78, 5) is -0.00375. The van der Waals surface area contributed by atoms with Gasteiger partial charge in [0.25, 0.3) is 0 Å². The van der Waals surface area contributed by atoms with Crippen molar-refractivity contribution in [2.75, 3.05) is 11.5 Å². The minimum atomic E-state index is -3.89. The van der Waals surface area contributed by atoms with Crippen LogP contribution in [-0.2, 0) is 26.0 Å². The van der Waals surface area contributed by atoms with E-state index in [4.69, 9.17) is 16.6 Å². The van der Waals surface area contributed by atoms with Crippen molar-refractivity contribution in [2.45, 2.75) is 20.9 Å². The van der Waals surface area contributed by atoms with Crippen molar-refractivity contribution >= 4 is 69.2 Å². The van der Waals surface area contributed by atoms with Crippen LogP contribution in [0.5, 0.6) is 0 Å². The quantitative estimate of drug-likeness (QED) is 0.467. The van der Waals surface area contributed by atoms with E-state index in [2.05, 4.69) is 47.8 Å². The normalized spacial score (nSPS) is 11.8. The molecule has 1 aromatic rings. The van der Waals surface area contributed by atoms with Crippen LogP contribution < -0.4 is 16.6 Å². The minimum absolute atomic E-state index is 0.00375. The van der Waals surface area contributed by atoms with Crippen molar-refractivity contribution in [3.63, 3.8) is 0 Å². The van der Waals surface area contributed by atoms with E-state index >= 15 is 0 Å². The van der Waals surface area contributed by atoms with Gasteiger partial charge in [0.2, 0.25) is 10.0 Å². The Kier molecular flexibility index (Phi) is 5.48. The molecule has 0 saturated carbocycles. The van der Waals surface area contributed by atoms with Gasteiger partial charge < -0.3 is 11.5 Å². The lowest BCUT2D eigenvalue weighted by Gasteiger charge is -2.19. The smallest absolute Gasteiger partial charge is 0.238 e. The van der Waals surface area contributed by atoms with Crippen LogP contribution in [0.3, 0.4) is 0 Å². The van der Waals surface area contributed by atoms with E-state index < -0.39 is 10.0 Å². The lowest BCUT2D eigenvalue weighted by molar-refractivity contribution is 0.596. The number of hydrogen-bond acceptors (Lipinski definition) is 4. The molecule has 0 aliphatic rings. The number of rotatable bonds is 4. The third kappa shape index (κ3) is 2.84. The Bertz CT molecular complexity index is 544. The molecule has 0 aliphatic carbocycles. The third-order valence-electron chi connectivity index (χ3n) is 2.53. The third-order valence-corrected chi connectivity index (χ3v) is 5.28. The molecule has 6 N–H and O–H groups in total. The van der Waals surface area contributed by atoms with Gasteiger partial charge in [0.05, 0.1) is 4.90 Å². The van der Waals surface area contributed by atoms with E-state index in [0.29, 0.717) is 33.4 Å². The Morgan fingerprint density at radius 2 is 1.17 bits per heavy atom. The van der Waals surface area contributed by atoms with Gasteiger partial charge >= 0.3 is 0 Å². The Morgan fingerprint density at radius 1 is 0.833 bits per heavy atom. The van der Waals surface area contributed by atoms with Crippen molar-refractivity contribution in [2.24, 2.45) is 5.14 Å². The Morgan fingerprint density at radius 3 is 1.39 bits per heavy atom. The molecule has 0 radical (unpaired) electrons. The van der Waals surface area contributed by atoms with Gasteiger partial charge in [-0.25, -0.2) is 13.6 Å². The zero-order valence-corrected chi connectivity index (χ0v) is 14.8. The van der Waals surface area contributed by atoms with E-state index in [1.165, 1.54) is 0 Å². The molecule has 0 saturated heterocycles. The van der Waals surface area contributed by atoms with Crippen molar-refractivity contribution < 1.29 is 8.42 Å². The molecule has 18 heavy (non-hydrogen) atoms. The topological polar surface area (TPSA) is 112 Å². The van der Waals surface area contributed by atoms with Crippen molar-refractivity contribution in [1.29, 1.82) is 0 Å². The number of nitrogens with two attached hydrogens (primary N) is 3. The molecule has 0 unspecified atom stereocenters. The first-order chi connectivity index (χ1) is 8.29. The maximum absolute atomic E-state index is 11.7. The fourth-order valence-corrected chi connectivity index (χ4v) is 4.88. The Labute approximate surface area is 131 Å². The van der Waals surface area contributed by atoms with Gasteiger partial charge in [-0.2, -0.15) is 0 Å². The highest BCUT2D eigenvalue weighted by Crippen LogP contribution is 2.38. The summed E-state index contributed by atoms with van der Waals surface area (Å²) in [5.74, 6) is 0. The number of nitrogen functional groups attached to an aromatic ring is 2. The summed E-state index contributed by atoms with van der Waals surface area (Å²) in [6.45, 7) is 0. The molecule has 102 valence electrons. The monoisotopic (exact) mass is 463 g/mol. The number of halogens is 3. The highest BCUT2D eigenvalue weighted by atomic mass is 79.9. The summed E-state index contributed by atoms with van der Waals surface area (Å²) >= 11 is 9.75. The predicted octanol–water partition coefficient (Wildman–Crippen LogP) is 2.18. The molecule has 0 aliphatic heterocycles. The molecular formula is C9H12Br3N3O2S. The second kappa shape index (κ2) is 6.08. The zero-order chi connectivity index (χ0) is 14.1. The molecule has 1 rings (SSSR count). The molecule has 9 heteroatoms. The van der Waals surface area contributed by atoms with Crippen molar-refractivity contribution in [3.05, 3.63) is 16.7 Å². The number of sulfonamides is 1. The summed E-state index contributed by atoms with van der Waals surface area (Å²) in [5.41, 5.74) is 14.1. The molecule has 0 fully saturated rings. The maximum atomic E-state index is 11.7. The van der Waals surface area contributed by atoms with E-state index in [1.54, 1.807) is 0 Å². The number of alkyl halides is 3. The summed E-state index contributed by atoms with van der Waals surface area (Å²) in [7, 11) is -3.89. The van der Waals surface area contributed by atoms with Crippen LogP contribution in [-0.4, -0.2) is 8.42 Å². The van der Waals surface area contributed by atoms with Gasteiger partial charge in [0.1, 0.15) is 0 Å². The lowest BCUT2D eigenvalue weighted by Crippen LogP contribution is -2.20. The summed E-state index contributed by atoms with van der Waals surface area (Å²) in [6.07, 6.45) is 0. The highest BCUT2D eigenvalue weighted by molar-refractivity contribution is 9.09. The standard InChI is InChI=1S/C9H12Br3N3O2S/c10-1-4-7(13)5(2-11)9(18(15,16)17)6(3-12)8(4)14/h1-3,13-14H2,(H2,15,16,17). The molecule has 0 bridgehead atoms.